The van der Waals surface area contributed by atoms with Gasteiger partial charge in [-0.15, -0.1) is 0 Å². The van der Waals surface area contributed by atoms with E-state index in [4.69, 9.17) is 4.74 Å². The first-order valence-electron chi connectivity index (χ1n) is 10.9. The molecule has 1 atom stereocenters. The topological polar surface area (TPSA) is 44.8 Å². The van der Waals surface area contributed by atoms with Gasteiger partial charge in [0.15, 0.2) is 0 Å². The standard InChI is InChI=1S/C24H28F3N3O2/c1-29-10-4-5-17-15-18(8-9-21(17)29)22(30-11-13-32-14-12-30)16-28-23(31)19-6-2-3-7-20(19)24(25,26)27/h2-3,6-9,15,22H,4-5,10-14,16H2,1H3,(H,28,31). The van der Waals surface area contributed by atoms with Crippen molar-refractivity contribution in [3.8, 4) is 0 Å². The highest BCUT2D eigenvalue weighted by Crippen LogP contribution is 2.33. The smallest absolute Gasteiger partial charge is 0.379 e. The van der Waals surface area contributed by atoms with Crippen molar-refractivity contribution in [3.63, 3.8) is 0 Å². The number of nitrogens with one attached hydrogen (secondary N) is 1. The van der Waals surface area contributed by atoms with E-state index in [1.165, 1.54) is 29.4 Å². The van der Waals surface area contributed by atoms with Crippen molar-refractivity contribution in [1.82, 2.24) is 10.2 Å². The highest BCUT2D eigenvalue weighted by Gasteiger charge is 2.35. The number of carbonyl (C=O) groups excluding carboxylic acids is 1. The van der Waals surface area contributed by atoms with Gasteiger partial charge in [-0.25, -0.2) is 0 Å². The van der Waals surface area contributed by atoms with Gasteiger partial charge in [0, 0.05) is 38.9 Å². The summed E-state index contributed by atoms with van der Waals surface area (Å²) in [6.45, 7) is 3.84. The molecule has 2 heterocycles. The summed E-state index contributed by atoms with van der Waals surface area (Å²) in [6, 6.07) is 11.1. The summed E-state index contributed by atoms with van der Waals surface area (Å²) in [4.78, 5) is 17.2. The second-order valence-electron chi connectivity index (χ2n) is 8.33. The molecule has 4 rings (SSSR count). The number of hydrogen-bond donors (Lipinski definition) is 1. The van der Waals surface area contributed by atoms with Gasteiger partial charge in [0.2, 0.25) is 0 Å². The van der Waals surface area contributed by atoms with Crippen LogP contribution in [-0.4, -0.2) is 57.2 Å². The molecule has 2 aliphatic rings. The summed E-state index contributed by atoms with van der Waals surface area (Å²) in [5, 5.41) is 2.76. The van der Waals surface area contributed by atoms with Gasteiger partial charge < -0.3 is 15.0 Å². The lowest BCUT2D eigenvalue weighted by Crippen LogP contribution is -2.44. The second-order valence-corrected chi connectivity index (χ2v) is 8.33. The minimum atomic E-state index is -4.58. The largest absolute Gasteiger partial charge is 0.417 e. The van der Waals surface area contributed by atoms with Gasteiger partial charge in [-0.05, 0) is 42.2 Å². The van der Waals surface area contributed by atoms with Crippen LogP contribution in [0.5, 0.6) is 0 Å². The van der Waals surface area contributed by atoms with Gasteiger partial charge in [0.1, 0.15) is 0 Å². The SMILES string of the molecule is CN1CCCc2cc(C(CNC(=O)c3ccccc3C(F)(F)F)N3CCOCC3)ccc21. The zero-order chi connectivity index (χ0) is 22.7. The van der Waals surface area contributed by atoms with Crippen LogP contribution in [0.2, 0.25) is 0 Å². The van der Waals surface area contributed by atoms with E-state index >= 15 is 0 Å². The van der Waals surface area contributed by atoms with E-state index in [0.29, 0.717) is 26.3 Å². The molecule has 1 amide bonds. The van der Waals surface area contributed by atoms with Crippen LogP contribution in [0.25, 0.3) is 0 Å². The van der Waals surface area contributed by atoms with Crippen LogP contribution in [0.1, 0.15) is 39.5 Å². The first-order valence-corrected chi connectivity index (χ1v) is 10.9. The molecule has 1 N–H and O–H groups in total. The first kappa shape index (κ1) is 22.6. The average molecular weight is 448 g/mol. The number of anilines is 1. The van der Waals surface area contributed by atoms with Gasteiger partial charge >= 0.3 is 6.18 Å². The summed E-state index contributed by atoms with van der Waals surface area (Å²) in [7, 11) is 2.08. The fraction of sp³-hybridized carbons (Fsp3) is 0.458. The Bertz CT molecular complexity index is 958. The van der Waals surface area contributed by atoms with Crippen molar-refractivity contribution >= 4 is 11.6 Å². The molecule has 0 aliphatic carbocycles. The van der Waals surface area contributed by atoms with Crippen molar-refractivity contribution in [2.24, 2.45) is 0 Å². The molecule has 0 aromatic heterocycles. The summed E-state index contributed by atoms with van der Waals surface area (Å²) in [5.41, 5.74) is 2.27. The van der Waals surface area contributed by atoms with Crippen molar-refractivity contribution in [2.75, 3.05) is 51.3 Å². The van der Waals surface area contributed by atoms with Crippen LogP contribution in [0.15, 0.2) is 42.5 Å². The Balaban J connectivity index is 1.57. The van der Waals surface area contributed by atoms with Crippen LogP contribution in [0.4, 0.5) is 18.9 Å². The number of amides is 1. The van der Waals surface area contributed by atoms with Crippen LogP contribution >= 0.6 is 0 Å². The minimum Gasteiger partial charge on any atom is -0.379 e. The average Bonchev–Trinajstić information content (AvgIpc) is 2.79. The molecule has 0 saturated carbocycles. The number of halogens is 3. The van der Waals surface area contributed by atoms with E-state index < -0.39 is 17.6 Å². The summed E-state index contributed by atoms with van der Waals surface area (Å²) in [5.74, 6) is -0.714. The first-order chi connectivity index (χ1) is 15.3. The Labute approximate surface area is 186 Å². The third kappa shape index (κ3) is 4.91. The van der Waals surface area contributed by atoms with E-state index in [1.54, 1.807) is 0 Å². The number of morpholine rings is 1. The normalized spacial score (nSPS) is 18.2. The minimum absolute atomic E-state index is 0.140. The van der Waals surface area contributed by atoms with Gasteiger partial charge in [-0.2, -0.15) is 13.2 Å². The quantitative estimate of drug-likeness (QED) is 0.756. The van der Waals surface area contributed by atoms with Crippen molar-refractivity contribution in [1.29, 1.82) is 0 Å². The molecule has 1 unspecified atom stereocenters. The third-order valence-electron chi connectivity index (χ3n) is 6.26. The number of fused-ring (bicyclic) bond motifs is 1. The molecule has 2 aromatic carbocycles. The number of nitrogens with zero attached hydrogens (tertiary/aromatic N) is 2. The van der Waals surface area contributed by atoms with Crippen molar-refractivity contribution in [2.45, 2.75) is 25.1 Å². The summed E-state index contributed by atoms with van der Waals surface area (Å²) < 4.78 is 45.5. The molecule has 8 heteroatoms. The molecule has 0 bridgehead atoms. The number of carbonyl (C=O) groups is 1. The fourth-order valence-electron chi connectivity index (χ4n) is 4.57. The number of rotatable bonds is 5. The number of alkyl halides is 3. The number of ether oxygens (including phenoxy) is 1. The van der Waals surface area contributed by atoms with Gasteiger partial charge in [0.05, 0.1) is 30.4 Å². The van der Waals surface area contributed by atoms with E-state index in [1.807, 2.05) is 0 Å². The zero-order valence-corrected chi connectivity index (χ0v) is 18.1. The van der Waals surface area contributed by atoms with Gasteiger partial charge in [-0.1, -0.05) is 24.3 Å². The Morgan fingerprint density at radius 2 is 1.88 bits per heavy atom. The predicted molar refractivity (Wildman–Crippen MR) is 117 cm³/mol. The van der Waals surface area contributed by atoms with Gasteiger partial charge in [0.25, 0.3) is 5.91 Å². The Morgan fingerprint density at radius 1 is 1.12 bits per heavy atom. The summed E-state index contributed by atoms with van der Waals surface area (Å²) >= 11 is 0. The van der Waals surface area contributed by atoms with Crippen LogP contribution in [-0.2, 0) is 17.3 Å². The molecular formula is C24H28F3N3O2. The molecule has 0 spiro atoms. The van der Waals surface area contributed by atoms with E-state index in [0.717, 1.165) is 31.0 Å². The molecule has 2 aliphatic heterocycles. The maximum Gasteiger partial charge on any atom is 0.417 e. The zero-order valence-electron chi connectivity index (χ0n) is 18.1. The molecular weight excluding hydrogens is 419 g/mol. The molecule has 172 valence electrons. The third-order valence-corrected chi connectivity index (χ3v) is 6.26. The lowest BCUT2D eigenvalue weighted by molar-refractivity contribution is -0.137. The Kier molecular flexibility index (Phi) is 6.71. The number of benzene rings is 2. The van der Waals surface area contributed by atoms with E-state index in [9.17, 15) is 18.0 Å². The molecule has 1 fully saturated rings. The molecule has 0 radical (unpaired) electrons. The highest BCUT2D eigenvalue weighted by molar-refractivity contribution is 5.95. The molecule has 2 aromatic rings. The van der Waals surface area contributed by atoms with E-state index in [2.05, 4.69) is 40.4 Å². The number of hydrogen-bond acceptors (Lipinski definition) is 4. The monoisotopic (exact) mass is 447 g/mol. The van der Waals surface area contributed by atoms with E-state index in [-0.39, 0.29) is 18.2 Å². The Hall–Kier alpha value is -2.58. The lowest BCUT2D eigenvalue weighted by atomic mass is 9.95. The van der Waals surface area contributed by atoms with Crippen molar-refractivity contribution < 1.29 is 22.7 Å². The van der Waals surface area contributed by atoms with Gasteiger partial charge in [-0.3, -0.25) is 9.69 Å². The molecule has 32 heavy (non-hydrogen) atoms. The maximum atomic E-state index is 13.3. The maximum absolute atomic E-state index is 13.3. The molecule has 1 saturated heterocycles. The fourth-order valence-corrected chi connectivity index (χ4v) is 4.57. The second kappa shape index (κ2) is 9.50. The van der Waals surface area contributed by atoms with Crippen LogP contribution in [0.3, 0.4) is 0 Å². The van der Waals surface area contributed by atoms with Crippen LogP contribution in [0, 0.1) is 0 Å². The highest BCUT2D eigenvalue weighted by atomic mass is 19.4. The summed E-state index contributed by atoms with van der Waals surface area (Å²) in [6.07, 6.45) is -2.50. The van der Waals surface area contributed by atoms with Crippen LogP contribution < -0.4 is 10.2 Å². The Morgan fingerprint density at radius 3 is 2.62 bits per heavy atom. The predicted octanol–water partition coefficient (Wildman–Crippen LogP) is 3.89. The lowest BCUT2D eigenvalue weighted by Gasteiger charge is -2.36. The van der Waals surface area contributed by atoms with Crippen molar-refractivity contribution in [3.05, 3.63) is 64.7 Å². The molecule has 5 nitrogen and oxygen atoms in total. The number of aryl methyl sites for hydroxylation is 1.